The van der Waals surface area contributed by atoms with Crippen molar-refractivity contribution in [2.45, 2.75) is 34.0 Å². The van der Waals surface area contributed by atoms with Gasteiger partial charge in [0.05, 0.1) is 5.69 Å². The Bertz CT molecular complexity index is 1930. The molecule has 0 radical (unpaired) electrons. The second-order valence-corrected chi connectivity index (χ2v) is 10.4. The number of rotatable bonds is 4. The number of hydrogen-bond donors (Lipinski definition) is 0. The Kier molecular flexibility index (Phi) is 4.43. The number of furan rings is 1. The maximum absolute atomic E-state index is 8.76. The van der Waals surface area contributed by atoms with Crippen molar-refractivity contribution in [2.75, 3.05) is 0 Å². The number of fused-ring (bicyclic) bond motifs is 3. The molecule has 0 aliphatic carbocycles. The average molecular weight is 487 g/mol. The van der Waals surface area contributed by atoms with Gasteiger partial charge in [0, 0.05) is 34.9 Å². The van der Waals surface area contributed by atoms with E-state index in [0.717, 1.165) is 27.5 Å². The number of pyridine rings is 1. The van der Waals surface area contributed by atoms with Crippen LogP contribution in [0.2, 0.25) is 0 Å². The van der Waals surface area contributed by atoms with Gasteiger partial charge in [-0.3, -0.25) is 4.98 Å². The Labute approximate surface area is 225 Å². The predicted molar refractivity (Wildman–Crippen MR) is 156 cm³/mol. The summed E-state index contributed by atoms with van der Waals surface area (Å²) in [6.45, 7) is 3.31. The minimum absolute atomic E-state index is 0.260. The Balaban J connectivity index is 1.55. The maximum atomic E-state index is 8.76. The zero-order valence-electron chi connectivity index (χ0n) is 26.2. The van der Waals surface area contributed by atoms with Gasteiger partial charge < -0.3 is 4.42 Å². The molecule has 6 aromatic rings. The van der Waals surface area contributed by atoms with E-state index >= 15 is 0 Å². The summed E-state index contributed by atoms with van der Waals surface area (Å²) in [6, 6.07) is 30.5. The minimum Gasteiger partial charge on any atom is -0.455 e. The highest BCUT2D eigenvalue weighted by molar-refractivity contribution is 6.13. The first-order valence-corrected chi connectivity index (χ1v) is 12.5. The molecule has 0 bridgehead atoms. The second-order valence-electron chi connectivity index (χ2n) is 10.4. The van der Waals surface area contributed by atoms with Gasteiger partial charge in [0.25, 0.3) is 0 Å². The van der Waals surface area contributed by atoms with E-state index in [1.807, 2.05) is 99.6 Å². The third kappa shape index (κ3) is 4.44. The lowest BCUT2D eigenvalue weighted by molar-refractivity contribution is 0.411. The number of aryl methyl sites for hydroxylation is 1. The summed E-state index contributed by atoms with van der Waals surface area (Å²) >= 11 is 0. The summed E-state index contributed by atoms with van der Waals surface area (Å²) in [5.41, 5.74) is 5.87. The van der Waals surface area contributed by atoms with Gasteiger partial charge in [-0.1, -0.05) is 99.6 Å². The molecule has 6 rings (SSSR count). The molecule has 2 nitrogen and oxygen atoms in total. The van der Waals surface area contributed by atoms with Gasteiger partial charge in [0.1, 0.15) is 11.2 Å². The van der Waals surface area contributed by atoms with Gasteiger partial charge >= 0.3 is 0 Å². The summed E-state index contributed by atoms with van der Waals surface area (Å²) in [5.74, 6) is 0. The van der Waals surface area contributed by atoms with Crippen molar-refractivity contribution < 1.29 is 11.3 Å². The molecule has 37 heavy (non-hydrogen) atoms. The molecule has 0 aliphatic heterocycles. The summed E-state index contributed by atoms with van der Waals surface area (Å²) in [7, 11) is 0. The Hall–Kier alpha value is -4.17. The van der Waals surface area contributed by atoms with E-state index in [9.17, 15) is 0 Å². The van der Waals surface area contributed by atoms with Crippen molar-refractivity contribution >= 4 is 21.9 Å². The van der Waals surface area contributed by atoms with Gasteiger partial charge in [-0.05, 0) is 64.7 Å². The lowest BCUT2D eigenvalue weighted by Gasteiger charge is -2.18. The highest BCUT2D eigenvalue weighted by Crippen LogP contribution is 2.40. The molecule has 0 amide bonds. The molecule has 182 valence electrons. The molecule has 0 spiro atoms. The van der Waals surface area contributed by atoms with Gasteiger partial charge in [-0.2, -0.15) is 0 Å². The third-order valence-corrected chi connectivity index (χ3v) is 6.50. The van der Waals surface area contributed by atoms with Crippen LogP contribution in [0, 0.1) is 12.3 Å². The van der Waals surface area contributed by atoms with Crippen LogP contribution in [0.5, 0.6) is 0 Å². The van der Waals surface area contributed by atoms with E-state index in [-0.39, 0.29) is 5.56 Å². The fourth-order valence-corrected chi connectivity index (χ4v) is 4.91. The van der Waals surface area contributed by atoms with Crippen molar-refractivity contribution in [1.82, 2.24) is 4.98 Å². The number of benzene rings is 4. The molecular weight excluding hydrogens is 450 g/mol. The molecular formula is C35H31NO. The van der Waals surface area contributed by atoms with Crippen LogP contribution in [0.1, 0.15) is 38.8 Å². The molecule has 2 aromatic heterocycles. The first kappa shape index (κ1) is 18.1. The Morgan fingerprint density at radius 3 is 2.19 bits per heavy atom. The number of nitrogens with zero attached hydrogens (tertiary/aromatic N) is 1. The van der Waals surface area contributed by atoms with Crippen molar-refractivity contribution in [2.24, 2.45) is 5.41 Å². The number of para-hydroxylation sites is 2. The van der Waals surface area contributed by atoms with Crippen LogP contribution in [-0.4, -0.2) is 4.98 Å². The van der Waals surface area contributed by atoms with E-state index < -0.39 is 18.6 Å². The number of aromatic nitrogens is 1. The van der Waals surface area contributed by atoms with E-state index in [1.165, 1.54) is 0 Å². The lowest BCUT2D eigenvalue weighted by Crippen LogP contribution is -2.09. The topological polar surface area (TPSA) is 26.0 Å². The molecule has 2 heteroatoms. The Morgan fingerprint density at radius 1 is 0.730 bits per heavy atom. The lowest BCUT2D eigenvalue weighted by atomic mass is 9.88. The van der Waals surface area contributed by atoms with Crippen LogP contribution in [0.15, 0.2) is 108 Å². The quantitative estimate of drug-likeness (QED) is 0.248. The molecule has 0 saturated carbocycles. The van der Waals surface area contributed by atoms with Crippen molar-refractivity contribution in [3.05, 3.63) is 114 Å². The van der Waals surface area contributed by atoms with Crippen LogP contribution >= 0.6 is 0 Å². The van der Waals surface area contributed by atoms with Crippen LogP contribution < -0.4 is 0 Å². The van der Waals surface area contributed by atoms with E-state index in [4.69, 9.17) is 11.3 Å². The van der Waals surface area contributed by atoms with E-state index in [0.29, 0.717) is 33.6 Å². The van der Waals surface area contributed by atoms with E-state index in [1.54, 1.807) is 24.4 Å². The highest BCUT2D eigenvalue weighted by atomic mass is 16.3. The van der Waals surface area contributed by atoms with Crippen molar-refractivity contribution in [3.63, 3.8) is 0 Å². The first-order chi connectivity index (χ1) is 19.9. The third-order valence-electron chi connectivity index (χ3n) is 6.50. The van der Waals surface area contributed by atoms with Crippen molar-refractivity contribution in [3.8, 4) is 33.5 Å². The standard InChI is InChI=1S/C35H31NO/c1-23-20-26(25-10-6-5-7-11-25)16-17-27(23)28-12-8-13-29-30-14-9-15-31(34(30)37-33(28)29)32-21-24(18-19-36-32)22-35(2,3)4/h5-21H,22H2,1-4H3/i1D3,22D2. The number of hydrogen-bond acceptors (Lipinski definition) is 2. The maximum Gasteiger partial charge on any atom is 0.144 e. The van der Waals surface area contributed by atoms with Crippen LogP contribution in [0.3, 0.4) is 0 Å². The normalized spacial score (nSPS) is 14.6. The predicted octanol–water partition coefficient (Wildman–Crippen LogP) is 9.88. The molecule has 4 aromatic carbocycles. The molecule has 0 aliphatic rings. The molecule has 0 unspecified atom stereocenters. The van der Waals surface area contributed by atoms with E-state index in [2.05, 4.69) is 4.98 Å². The molecule has 0 atom stereocenters. The fourth-order valence-electron chi connectivity index (χ4n) is 4.91. The van der Waals surface area contributed by atoms with Gasteiger partial charge in [-0.25, -0.2) is 0 Å². The summed E-state index contributed by atoms with van der Waals surface area (Å²) in [6.07, 6.45) is 0.0648. The fraction of sp³-hybridized carbons (Fsp3) is 0.171. The summed E-state index contributed by atoms with van der Waals surface area (Å²) < 4.78 is 49.2. The first-order valence-electron chi connectivity index (χ1n) is 15.0. The van der Waals surface area contributed by atoms with Crippen molar-refractivity contribution in [1.29, 1.82) is 0 Å². The SMILES string of the molecule is [2H]C([2H])([2H])c1cc(-c2ccccc2)ccc1-c1cccc2c1oc1c(-c3cc(C([2H])([2H])C(C)(C)C)ccn3)cccc12. The zero-order chi connectivity index (χ0) is 29.9. The van der Waals surface area contributed by atoms with Crippen LogP contribution in [-0.2, 0) is 6.37 Å². The zero-order valence-corrected chi connectivity index (χ0v) is 21.2. The Morgan fingerprint density at radius 2 is 1.46 bits per heavy atom. The van der Waals surface area contributed by atoms with Crippen LogP contribution in [0.25, 0.3) is 55.4 Å². The largest absolute Gasteiger partial charge is 0.455 e. The molecule has 0 N–H and O–H groups in total. The minimum atomic E-state index is -2.34. The smallest absolute Gasteiger partial charge is 0.144 e. The molecule has 2 heterocycles. The summed E-state index contributed by atoms with van der Waals surface area (Å²) in [4.78, 5) is 4.59. The van der Waals surface area contributed by atoms with Gasteiger partial charge in [0.2, 0.25) is 0 Å². The van der Waals surface area contributed by atoms with Crippen LogP contribution in [0.4, 0.5) is 0 Å². The van der Waals surface area contributed by atoms with Gasteiger partial charge in [-0.15, -0.1) is 0 Å². The van der Waals surface area contributed by atoms with Gasteiger partial charge in [0.15, 0.2) is 0 Å². The monoisotopic (exact) mass is 486 g/mol. The molecule has 0 fully saturated rings. The summed E-state index contributed by atoms with van der Waals surface area (Å²) in [5, 5.41) is 1.75. The average Bonchev–Trinajstić information content (AvgIpc) is 3.35. The highest BCUT2D eigenvalue weighted by Gasteiger charge is 2.18. The second kappa shape index (κ2) is 9.05. The molecule has 0 saturated heterocycles.